The topological polar surface area (TPSA) is 47.0 Å². The predicted molar refractivity (Wildman–Crippen MR) is 84.3 cm³/mol. The van der Waals surface area contributed by atoms with Gasteiger partial charge in [-0.2, -0.15) is 0 Å². The summed E-state index contributed by atoms with van der Waals surface area (Å²) < 4.78 is 5.44. The standard InChI is InChI=1S/C15H25N3OS/c1-3-16-13-10-15(18-14(17-13)11-19-4-2)20-12-8-6-5-7-9-12/h10,12H,3-9,11H2,1-2H3,(H,16,17,18). The Hall–Kier alpha value is -0.810. The lowest BCUT2D eigenvalue weighted by atomic mass is 10.0. The average molecular weight is 295 g/mol. The van der Waals surface area contributed by atoms with Crippen LogP contribution in [0.25, 0.3) is 0 Å². The first-order valence-corrected chi connectivity index (χ1v) is 8.56. The Labute approximate surface area is 126 Å². The van der Waals surface area contributed by atoms with Gasteiger partial charge in [0.05, 0.1) is 0 Å². The van der Waals surface area contributed by atoms with Crippen LogP contribution in [0.3, 0.4) is 0 Å². The summed E-state index contributed by atoms with van der Waals surface area (Å²) >= 11 is 1.91. The maximum Gasteiger partial charge on any atom is 0.157 e. The van der Waals surface area contributed by atoms with Crippen LogP contribution in [-0.2, 0) is 11.3 Å². The number of hydrogen-bond donors (Lipinski definition) is 1. The maximum absolute atomic E-state index is 5.44. The van der Waals surface area contributed by atoms with E-state index < -0.39 is 0 Å². The molecular formula is C15H25N3OS. The largest absolute Gasteiger partial charge is 0.374 e. The molecule has 1 saturated carbocycles. The van der Waals surface area contributed by atoms with Gasteiger partial charge < -0.3 is 10.1 Å². The fraction of sp³-hybridized carbons (Fsp3) is 0.733. The first kappa shape index (κ1) is 15.6. The van der Waals surface area contributed by atoms with Crippen molar-refractivity contribution in [2.24, 2.45) is 0 Å². The van der Waals surface area contributed by atoms with Gasteiger partial charge in [-0.1, -0.05) is 19.3 Å². The van der Waals surface area contributed by atoms with Crippen molar-refractivity contribution in [1.29, 1.82) is 0 Å². The lowest BCUT2D eigenvalue weighted by Crippen LogP contribution is -2.10. The molecule has 0 atom stereocenters. The Kier molecular flexibility index (Phi) is 6.60. The predicted octanol–water partition coefficient (Wildman–Crippen LogP) is 3.87. The Morgan fingerprint density at radius 3 is 2.75 bits per heavy atom. The molecule has 1 aliphatic carbocycles. The zero-order chi connectivity index (χ0) is 14.2. The molecule has 0 spiro atoms. The second-order valence-electron chi connectivity index (χ2n) is 5.05. The van der Waals surface area contributed by atoms with Gasteiger partial charge in [0.25, 0.3) is 0 Å². The molecule has 0 aliphatic heterocycles. The molecule has 2 rings (SSSR count). The van der Waals surface area contributed by atoms with Gasteiger partial charge in [-0.05, 0) is 26.7 Å². The number of ether oxygens (including phenoxy) is 1. The second-order valence-corrected chi connectivity index (χ2v) is 6.37. The van der Waals surface area contributed by atoms with Crippen LogP contribution in [0.4, 0.5) is 5.82 Å². The number of anilines is 1. The molecule has 1 aromatic rings. The smallest absolute Gasteiger partial charge is 0.157 e. The number of hydrogen-bond acceptors (Lipinski definition) is 5. The molecule has 0 radical (unpaired) electrons. The first-order chi connectivity index (χ1) is 9.81. The molecule has 4 nitrogen and oxygen atoms in total. The number of thioether (sulfide) groups is 1. The summed E-state index contributed by atoms with van der Waals surface area (Å²) in [5, 5.41) is 5.08. The average Bonchev–Trinajstić information content (AvgIpc) is 2.46. The van der Waals surface area contributed by atoms with Crippen LogP contribution in [0, 0.1) is 0 Å². The molecule has 0 unspecified atom stereocenters. The summed E-state index contributed by atoms with van der Waals surface area (Å²) in [6.45, 7) is 6.14. The molecule has 1 heterocycles. The molecular weight excluding hydrogens is 270 g/mol. The Morgan fingerprint density at radius 2 is 2.05 bits per heavy atom. The van der Waals surface area contributed by atoms with Gasteiger partial charge >= 0.3 is 0 Å². The zero-order valence-corrected chi connectivity index (χ0v) is 13.3. The number of nitrogens with one attached hydrogen (secondary N) is 1. The third-order valence-electron chi connectivity index (χ3n) is 3.38. The van der Waals surface area contributed by atoms with E-state index in [-0.39, 0.29) is 0 Å². The lowest BCUT2D eigenvalue weighted by Gasteiger charge is -2.20. The third-order valence-corrected chi connectivity index (χ3v) is 4.64. The molecule has 112 valence electrons. The summed E-state index contributed by atoms with van der Waals surface area (Å²) in [7, 11) is 0. The van der Waals surface area contributed by atoms with E-state index in [2.05, 4.69) is 28.3 Å². The Morgan fingerprint density at radius 1 is 1.25 bits per heavy atom. The highest BCUT2D eigenvalue weighted by Crippen LogP contribution is 2.33. The van der Waals surface area contributed by atoms with Crippen LogP contribution in [0.15, 0.2) is 11.1 Å². The van der Waals surface area contributed by atoms with Crippen molar-refractivity contribution >= 4 is 17.6 Å². The zero-order valence-electron chi connectivity index (χ0n) is 12.5. The van der Waals surface area contributed by atoms with Crippen LogP contribution in [0.2, 0.25) is 0 Å². The lowest BCUT2D eigenvalue weighted by molar-refractivity contribution is 0.128. The van der Waals surface area contributed by atoms with Crippen molar-refractivity contribution in [3.05, 3.63) is 11.9 Å². The van der Waals surface area contributed by atoms with Crippen molar-refractivity contribution < 1.29 is 4.74 Å². The van der Waals surface area contributed by atoms with Gasteiger partial charge in [-0.25, -0.2) is 9.97 Å². The van der Waals surface area contributed by atoms with Gasteiger partial charge in [0.15, 0.2) is 5.82 Å². The highest BCUT2D eigenvalue weighted by molar-refractivity contribution is 7.99. The van der Waals surface area contributed by atoms with E-state index in [4.69, 9.17) is 4.74 Å². The first-order valence-electron chi connectivity index (χ1n) is 7.68. The van der Waals surface area contributed by atoms with Crippen molar-refractivity contribution in [1.82, 2.24) is 9.97 Å². The van der Waals surface area contributed by atoms with Crippen LogP contribution in [0.5, 0.6) is 0 Å². The Balaban J connectivity index is 2.06. The molecule has 0 aromatic carbocycles. The highest BCUT2D eigenvalue weighted by atomic mass is 32.2. The second kappa shape index (κ2) is 8.47. The van der Waals surface area contributed by atoms with Gasteiger partial charge in [0.2, 0.25) is 0 Å². The molecule has 1 N–H and O–H groups in total. The van der Waals surface area contributed by atoms with E-state index in [0.717, 1.165) is 23.2 Å². The van der Waals surface area contributed by atoms with Crippen molar-refractivity contribution in [2.45, 2.75) is 62.8 Å². The third kappa shape index (κ3) is 4.94. The van der Waals surface area contributed by atoms with Gasteiger partial charge in [-0.3, -0.25) is 0 Å². The maximum atomic E-state index is 5.44. The van der Waals surface area contributed by atoms with Gasteiger partial charge in [-0.15, -0.1) is 11.8 Å². The SMILES string of the molecule is CCNc1cc(SC2CCCCC2)nc(COCC)n1. The molecule has 0 amide bonds. The summed E-state index contributed by atoms with van der Waals surface area (Å²) in [4.78, 5) is 9.13. The van der Waals surface area contributed by atoms with Crippen LogP contribution < -0.4 is 5.32 Å². The highest BCUT2D eigenvalue weighted by Gasteiger charge is 2.16. The summed E-state index contributed by atoms with van der Waals surface area (Å²) in [5.74, 6) is 1.69. The van der Waals surface area contributed by atoms with Gasteiger partial charge in [0, 0.05) is 24.5 Å². The number of aromatic nitrogens is 2. The van der Waals surface area contributed by atoms with E-state index in [9.17, 15) is 0 Å². The van der Waals surface area contributed by atoms with Crippen molar-refractivity contribution in [3.8, 4) is 0 Å². The summed E-state index contributed by atoms with van der Waals surface area (Å²) in [6, 6.07) is 2.07. The molecule has 0 bridgehead atoms. The van der Waals surface area contributed by atoms with E-state index >= 15 is 0 Å². The van der Waals surface area contributed by atoms with E-state index in [1.54, 1.807) is 0 Å². The number of rotatable bonds is 7. The van der Waals surface area contributed by atoms with Crippen LogP contribution in [0.1, 0.15) is 51.8 Å². The molecule has 0 saturated heterocycles. The summed E-state index contributed by atoms with van der Waals surface area (Å²) in [6.07, 6.45) is 6.72. The van der Waals surface area contributed by atoms with Crippen molar-refractivity contribution in [2.75, 3.05) is 18.5 Å². The van der Waals surface area contributed by atoms with Gasteiger partial charge in [0.1, 0.15) is 17.5 Å². The minimum atomic E-state index is 0.494. The molecule has 20 heavy (non-hydrogen) atoms. The Bertz CT molecular complexity index is 408. The fourth-order valence-corrected chi connectivity index (χ4v) is 3.66. The van der Waals surface area contributed by atoms with E-state index in [1.807, 2.05) is 18.7 Å². The van der Waals surface area contributed by atoms with E-state index in [0.29, 0.717) is 18.5 Å². The normalized spacial score (nSPS) is 16.3. The monoisotopic (exact) mass is 295 g/mol. The van der Waals surface area contributed by atoms with Crippen molar-refractivity contribution in [3.63, 3.8) is 0 Å². The van der Waals surface area contributed by atoms with Crippen LogP contribution >= 0.6 is 11.8 Å². The number of nitrogens with zero attached hydrogens (tertiary/aromatic N) is 2. The quantitative estimate of drug-likeness (QED) is 0.774. The minimum absolute atomic E-state index is 0.494. The van der Waals surface area contributed by atoms with E-state index in [1.165, 1.54) is 32.1 Å². The molecule has 1 aliphatic rings. The summed E-state index contributed by atoms with van der Waals surface area (Å²) in [5.41, 5.74) is 0. The van der Waals surface area contributed by atoms with Crippen LogP contribution in [-0.4, -0.2) is 28.4 Å². The fourth-order valence-electron chi connectivity index (χ4n) is 2.42. The molecule has 1 aromatic heterocycles. The molecule has 5 heteroatoms. The minimum Gasteiger partial charge on any atom is -0.374 e. The molecule has 1 fully saturated rings.